The SMILES string of the molecule is NCCCC[C@@H](CC(=O)[C@@H](CCCN=C(N)N)NC(=O)[C@@H](CCCN=C(N)N)CC(=O)[C@@H](CCCN=C(N)N)NC(=O)[C@@H](CCCN=C(N)N)CC(=O)[C@@H](CCCN=C(N)N)NC(=O)[C@@H](CCCN=C(N)N)CC(=O)CCCCCNC(=O)[C@@H](CCCN=C(N)N)CC(=O)CCCCCNC(=O)c1ccc(-c2ccnc(N)n2)s1)C(N)=O. The van der Waals surface area contributed by atoms with E-state index in [1.807, 2.05) is 0 Å². The first kappa shape index (κ1) is 102. The molecular formula is C74H131N31O11S. The van der Waals surface area contributed by atoms with Crippen molar-refractivity contribution in [3.05, 3.63) is 29.3 Å². The molecule has 0 aliphatic heterocycles. The lowest BCUT2D eigenvalue weighted by molar-refractivity contribution is -0.136. The highest BCUT2D eigenvalue weighted by atomic mass is 32.1. The van der Waals surface area contributed by atoms with Gasteiger partial charge in [0.15, 0.2) is 59.1 Å². The molecule has 39 N–H and O–H groups in total. The molecule has 0 aliphatic rings. The van der Waals surface area contributed by atoms with Crippen molar-refractivity contribution >= 4 is 123 Å². The van der Waals surface area contributed by atoms with Crippen molar-refractivity contribution in [1.82, 2.24) is 36.6 Å². The number of ketones is 5. The number of nitrogens with two attached hydrogens (primary N) is 17. The monoisotopic (exact) mass is 1660 g/mol. The molecule has 654 valence electrons. The predicted molar refractivity (Wildman–Crippen MR) is 455 cm³/mol. The number of nitrogens with one attached hydrogen (secondary N) is 5. The number of carbonyl (C=O) groups is 11. The van der Waals surface area contributed by atoms with Crippen molar-refractivity contribution in [3.63, 3.8) is 0 Å². The third-order valence-corrected chi connectivity index (χ3v) is 19.9. The molecule has 0 aliphatic carbocycles. The summed E-state index contributed by atoms with van der Waals surface area (Å²) < 4.78 is 0. The van der Waals surface area contributed by atoms with Gasteiger partial charge in [0.1, 0.15) is 11.6 Å². The highest BCUT2D eigenvalue weighted by Gasteiger charge is 2.35. The number of aromatic nitrogens is 2. The number of carbonyl (C=O) groups excluding carboxylic acids is 11. The molecule has 2 heterocycles. The van der Waals surface area contributed by atoms with Gasteiger partial charge in [0.25, 0.3) is 5.91 Å². The van der Waals surface area contributed by atoms with Crippen molar-refractivity contribution < 1.29 is 52.7 Å². The Bertz CT molecular complexity index is 3650. The van der Waals surface area contributed by atoms with Gasteiger partial charge < -0.3 is 124 Å². The Morgan fingerprint density at radius 3 is 1.04 bits per heavy atom. The molecular weight excluding hydrogens is 1530 g/mol. The zero-order valence-electron chi connectivity index (χ0n) is 67.5. The molecule has 0 saturated heterocycles. The lowest BCUT2D eigenvalue weighted by Crippen LogP contribution is -2.48. The lowest BCUT2D eigenvalue weighted by Gasteiger charge is -2.26. The zero-order valence-corrected chi connectivity index (χ0v) is 68.3. The number of amides is 6. The molecule has 2 aromatic heterocycles. The van der Waals surface area contributed by atoms with E-state index in [9.17, 15) is 52.7 Å². The Kier molecular flexibility index (Phi) is 51.5. The smallest absolute Gasteiger partial charge is 0.261 e. The van der Waals surface area contributed by atoms with Gasteiger partial charge in [-0.1, -0.05) is 19.3 Å². The molecule has 0 spiro atoms. The van der Waals surface area contributed by atoms with Crippen LogP contribution in [0.4, 0.5) is 5.95 Å². The van der Waals surface area contributed by atoms with Crippen molar-refractivity contribution in [2.75, 3.05) is 71.2 Å². The third kappa shape index (κ3) is 47.9. The second-order valence-electron chi connectivity index (χ2n) is 28.6. The number of unbranched alkanes of at least 4 members (excludes halogenated alkanes) is 5. The van der Waals surface area contributed by atoms with Gasteiger partial charge >= 0.3 is 0 Å². The number of nitrogen functional groups attached to an aromatic ring is 1. The summed E-state index contributed by atoms with van der Waals surface area (Å²) in [5.74, 6) is -11.8. The first-order chi connectivity index (χ1) is 55.7. The van der Waals surface area contributed by atoms with Gasteiger partial charge in [-0.3, -0.25) is 87.7 Å². The average molecular weight is 1660 g/mol. The second kappa shape index (κ2) is 59.3. The minimum atomic E-state index is -1.35. The van der Waals surface area contributed by atoms with Crippen LogP contribution in [-0.2, 0) is 47.9 Å². The third-order valence-electron chi connectivity index (χ3n) is 18.8. The van der Waals surface area contributed by atoms with E-state index in [4.69, 9.17) is 97.5 Å². The van der Waals surface area contributed by atoms with Crippen molar-refractivity contribution in [2.45, 2.75) is 211 Å². The maximum atomic E-state index is 14.9. The fourth-order valence-electron chi connectivity index (χ4n) is 12.6. The summed E-state index contributed by atoms with van der Waals surface area (Å²) in [7, 11) is 0. The first-order valence-corrected chi connectivity index (χ1v) is 40.7. The van der Waals surface area contributed by atoms with Gasteiger partial charge in [-0.2, -0.15) is 0 Å². The van der Waals surface area contributed by atoms with E-state index in [-0.39, 0.29) is 239 Å². The molecule has 43 heteroatoms. The fraction of sp³-hybridized carbons (Fsp3) is 0.649. The van der Waals surface area contributed by atoms with Crippen LogP contribution in [-0.4, -0.2) is 200 Å². The van der Waals surface area contributed by atoms with E-state index in [0.29, 0.717) is 87.9 Å². The molecule has 0 unspecified atom stereocenters. The summed E-state index contributed by atoms with van der Waals surface area (Å²) >= 11 is 1.28. The number of rotatable bonds is 67. The Hall–Kier alpha value is -11.4. The predicted octanol–water partition coefficient (Wildman–Crippen LogP) is -2.92. The van der Waals surface area contributed by atoms with E-state index in [1.165, 1.54) is 11.3 Å². The van der Waals surface area contributed by atoms with Crippen LogP contribution in [0.2, 0.25) is 0 Å². The minimum absolute atomic E-state index is 0.000350. The van der Waals surface area contributed by atoms with E-state index in [2.05, 4.69) is 71.5 Å². The van der Waals surface area contributed by atoms with Gasteiger partial charge in [0.05, 0.1) is 33.6 Å². The number of Topliss-reactive ketones (excluding diaryl/α,β-unsaturated/α-hetero) is 5. The largest absolute Gasteiger partial charge is 0.370 e. The number of aliphatic imine (C=N–C) groups is 7. The summed E-state index contributed by atoms with van der Waals surface area (Å²) in [5, 5.41) is 14.3. The summed E-state index contributed by atoms with van der Waals surface area (Å²) in [4.78, 5) is 192. The molecule has 0 fully saturated rings. The average Bonchev–Trinajstić information content (AvgIpc) is 1.83. The van der Waals surface area contributed by atoms with Gasteiger partial charge in [-0.15, -0.1) is 11.3 Å². The number of primary amides is 1. The molecule has 117 heavy (non-hydrogen) atoms. The lowest BCUT2D eigenvalue weighted by atomic mass is 9.88. The maximum absolute atomic E-state index is 14.9. The van der Waals surface area contributed by atoms with E-state index >= 15 is 0 Å². The number of thiophene rings is 1. The van der Waals surface area contributed by atoms with Crippen LogP contribution < -0.4 is 124 Å². The van der Waals surface area contributed by atoms with E-state index in [0.717, 1.165) is 4.88 Å². The number of nitrogens with zero attached hydrogens (tertiary/aromatic N) is 9. The summed E-state index contributed by atoms with van der Waals surface area (Å²) in [6, 6.07) is 1.38. The van der Waals surface area contributed by atoms with Crippen LogP contribution in [0, 0.1) is 29.6 Å². The van der Waals surface area contributed by atoms with Gasteiger partial charge in [0.2, 0.25) is 35.5 Å². The van der Waals surface area contributed by atoms with Crippen molar-refractivity contribution in [3.8, 4) is 10.6 Å². The van der Waals surface area contributed by atoms with Crippen LogP contribution in [0.3, 0.4) is 0 Å². The van der Waals surface area contributed by atoms with Crippen LogP contribution in [0.5, 0.6) is 0 Å². The minimum Gasteiger partial charge on any atom is -0.370 e. The topological polar surface area (TPSA) is 803 Å². The molecule has 2 rings (SSSR count). The Morgan fingerprint density at radius 2 is 0.692 bits per heavy atom. The molecule has 8 atom stereocenters. The summed E-state index contributed by atoms with van der Waals surface area (Å²) in [6.45, 7) is 1.54. The van der Waals surface area contributed by atoms with Crippen LogP contribution in [0.15, 0.2) is 59.3 Å². The molecule has 0 aromatic carbocycles. The molecule has 0 radical (unpaired) electrons. The molecule has 42 nitrogen and oxygen atoms in total. The molecule has 0 bridgehead atoms. The summed E-state index contributed by atoms with van der Waals surface area (Å²) in [6.07, 6.45) is 6.60. The number of guanidine groups is 7. The molecule has 0 saturated carbocycles. The number of hydrogen-bond acceptors (Lipinski definition) is 23. The normalized spacial score (nSPS) is 13.0. The van der Waals surface area contributed by atoms with E-state index in [1.54, 1.807) is 24.4 Å². The zero-order chi connectivity index (χ0) is 87.0. The van der Waals surface area contributed by atoms with Crippen LogP contribution in [0.25, 0.3) is 10.6 Å². The van der Waals surface area contributed by atoms with Gasteiger partial charge in [-0.05, 0) is 153 Å². The summed E-state index contributed by atoms with van der Waals surface area (Å²) in [5.41, 5.74) is 96.3. The van der Waals surface area contributed by atoms with E-state index < -0.39 is 102 Å². The second-order valence-corrected chi connectivity index (χ2v) is 29.7. The number of anilines is 1. The fourth-order valence-corrected chi connectivity index (χ4v) is 13.5. The Morgan fingerprint density at radius 1 is 0.359 bits per heavy atom. The Balaban J connectivity index is 2.39. The maximum Gasteiger partial charge on any atom is 0.261 e. The van der Waals surface area contributed by atoms with Crippen molar-refractivity contribution in [1.29, 1.82) is 0 Å². The number of hydrogen-bond donors (Lipinski definition) is 22. The Labute approximate surface area is 687 Å². The van der Waals surface area contributed by atoms with Crippen LogP contribution >= 0.6 is 11.3 Å². The highest BCUT2D eigenvalue weighted by Crippen LogP contribution is 2.28. The standard InChI is InChI=1S/C74H131N31O11S/c75-29-6-5-16-45(61(76)111)42-56(108)52(23-13-36-98-71(85)86)103-64(114)48(19-11-34-96-69(81)82)44-58(110)54(25-15-38-100-73(89)90)104-65(115)49(20-12-35-97-70(83)84)43-57(109)53(24-14-37-99-72(87)88)102-63(113)47(18-10-33-95-68(79)80)41-51(107)22-3-1-7-30-92-62(112)46(17-9-32-94-67(77)78)40-50(106)21-4-2-8-31-93-66(116)60-27-26-59(117-60)55-28-39-101-74(91)105-55/h26-28,39,45-49,52-54H,1-25,29-38,40-44,75H2,(H2,76,111)(H,92,112)(H,93,116)(H,102,113)(H,103,114)(H,104,115)(H4,77,78,94)(H4,79,80,95)(H4,81,82,96)(H4,83,84,97)(H4,85,86,98)(H4,87,88,99)(H4,89,90,100)(H2,91,101,105)/t45-,46-,47-,48-,49-,52+,53+,54+/m0/s1. The molecule has 6 amide bonds. The quantitative estimate of drug-likeness (QED) is 0.0179. The van der Waals surface area contributed by atoms with Crippen molar-refractivity contribution in [2.24, 2.45) is 156 Å². The van der Waals surface area contributed by atoms with Gasteiger partial charge in [-0.25, -0.2) is 9.97 Å². The van der Waals surface area contributed by atoms with Crippen LogP contribution in [0.1, 0.15) is 202 Å². The first-order valence-electron chi connectivity index (χ1n) is 39.8. The van der Waals surface area contributed by atoms with Gasteiger partial charge in [0, 0.05) is 140 Å². The molecule has 2 aromatic rings. The highest BCUT2D eigenvalue weighted by molar-refractivity contribution is 7.17.